The first-order valence-corrected chi connectivity index (χ1v) is 5.52. The maximum atomic E-state index is 6.19. The van der Waals surface area contributed by atoms with Crippen LogP contribution < -0.4 is 5.73 Å². The highest BCUT2D eigenvalue weighted by Gasteiger charge is 2.24. The van der Waals surface area contributed by atoms with Gasteiger partial charge in [-0.1, -0.05) is 24.4 Å². The maximum Gasteiger partial charge on any atom is 0.0637 e. The molecule has 2 nitrogen and oxygen atoms in total. The molecular weight excluding hydrogens is 196 g/mol. The largest absolute Gasteiger partial charge is 0.324 e. The van der Waals surface area contributed by atoms with E-state index in [0.29, 0.717) is 10.9 Å². The van der Waals surface area contributed by atoms with E-state index in [1.165, 1.54) is 25.7 Å². The minimum atomic E-state index is 0.0907. The van der Waals surface area contributed by atoms with E-state index in [9.17, 15) is 0 Å². The van der Waals surface area contributed by atoms with Gasteiger partial charge in [0.25, 0.3) is 0 Å². The lowest BCUT2D eigenvalue weighted by Gasteiger charge is -2.19. The summed E-state index contributed by atoms with van der Waals surface area (Å²) in [6, 6.07) is 2.03. The molecule has 3 heteroatoms. The van der Waals surface area contributed by atoms with Crippen LogP contribution in [0.15, 0.2) is 18.5 Å². The van der Waals surface area contributed by atoms with E-state index in [1.54, 1.807) is 12.4 Å². The minimum Gasteiger partial charge on any atom is -0.324 e. The van der Waals surface area contributed by atoms with Crippen LogP contribution in [0.1, 0.15) is 37.3 Å². The van der Waals surface area contributed by atoms with Gasteiger partial charge in [0.1, 0.15) is 0 Å². The monoisotopic (exact) mass is 210 g/mol. The van der Waals surface area contributed by atoms with Crippen molar-refractivity contribution >= 4 is 11.6 Å². The summed E-state index contributed by atoms with van der Waals surface area (Å²) in [4.78, 5) is 3.97. The minimum absolute atomic E-state index is 0.0907. The van der Waals surface area contributed by atoms with E-state index >= 15 is 0 Å². The van der Waals surface area contributed by atoms with Crippen molar-refractivity contribution in [3.05, 3.63) is 29.0 Å². The molecule has 0 saturated heterocycles. The summed E-state index contributed by atoms with van der Waals surface area (Å²) in [5, 5.41) is 0.701. The molecule has 1 heterocycles. The van der Waals surface area contributed by atoms with Crippen molar-refractivity contribution in [2.45, 2.75) is 31.7 Å². The van der Waals surface area contributed by atoms with Crippen LogP contribution in [0, 0.1) is 5.92 Å². The maximum absolute atomic E-state index is 6.19. The second-order valence-corrected chi connectivity index (χ2v) is 4.37. The average molecular weight is 211 g/mol. The number of aromatic nitrogens is 1. The fourth-order valence-electron chi connectivity index (χ4n) is 2.23. The molecule has 0 bridgehead atoms. The molecule has 2 rings (SSSR count). The molecule has 0 spiro atoms. The molecule has 76 valence electrons. The third-order valence-corrected chi connectivity index (χ3v) is 3.39. The summed E-state index contributed by atoms with van der Waals surface area (Å²) in [7, 11) is 0. The van der Waals surface area contributed by atoms with Crippen molar-refractivity contribution in [1.82, 2.24) is 4.98 Å². The summed E-state index contributed by atoms with van der Waals surface area (Å²) in [6.07, 6.45) is 8.52. The van der Waals surface area contributed by atoms with Gasteiger partial charge in [-0.25, -0.2) is 0 Å². The van der Waals surface area contributed by atoms with Gasteiger partial charge >= 0.3 is 0 Å². The normalized spacial score (nSPS) is 19.9. The number of nitrogens with two attached hydrogens (primary N) is 1. The van der Waals surface area contributed by atoms with Crippen molar-refractivity contribution in [1.29, 1.82) is 0 Å². The van der Waals surface area contributed by atoms with Gasteiger partial charge in [0.05, 0.1) is 5.02 Å². The molecular formula is C11H15ClN2. The summed E-state index contributed by atoms with van der Waals surface area (Å²) in [5.41, 5.74) is 7.24. The first kappa shape index (κ1) is 9.94. The Hall–Kier alpha value is -0.600. The highest BCUT2D eigenvalue weighted by Crippen LogP contribution is 2.36. The topological polar surface area (TPSA) is 38.9 Å². The predicted molar refractivity (Wildman–Crippen MR) is 58.1 cm³/mol. The predicted octanol–water partition coefficient (Wildman–Crippen LogP) is 2.93. The van der Waals surface area contributed by atoms with Gasteiger partial charge in [0, 0.05) is 18.4 Å². The van der Waals surface area contributed by atoms with Crippen LogP contribution in [0.25, 0.3) is 0 Å². The van der Waals surface area contributed by atoms with Gasteiger partial charge in [-0.05, 0) is 30.4 Å². The molecule has 1 fully saturated rings. The molecule has 0 radical (unpaired) electrons. The van der Waals surface area contributed by atoms with E-state index < -0.39 is 0 Å². The summed E-state index contributed by atoms with van der Waals surface area (Å²) in [6.45, 7) is 0. The zero-order valence-electron chi connectivity index (χ0n) is 8.12. The molecule has 1 aromatic heterocycles. The van der Waals surface area contributed by atoms with Crippen molar-refractivity contribution in [2.24, 2.45) is 11.7 Å². The third-order valence-electron chi connectivity index (χ3n) is 3.07. The zero-order chi connectivity index (χ0) is 9.97. The molecule has 1 aliphatic carbocycles. The number of nitrogens with zero attached hydrogens (tertiary/aromatic N) is 1. The number of hydrogen-bond donors (Lipinski definition) is 1. The lowest BCUT2D eigenvalue weighted by molar-refractivity contribution is 0.445. The fourth-order valence-corrected chi connectivity index (χ4v) is 2.47. The lowest BCUT2D eigenvalue weighted by atomic mass is 9.93. The van der Waals surface area contributed by atoms with E-state index in [2.05, 4.69) is 4.98 Å². The highest BCUT2D eigenvalue weighted by molar-refractivity contribution is 6.31. The Morgan fingerprint density at radius 3 is 2.79 bits per heavy atom. The van der Waals surface area contributed by atoms with E-state index in [-0.39, 0.29) is 6.04 Å². The van der Waals surface area contributed by atoms with Crippen LogP contribution in [-0.4, -0.2) is 4.98 Å². The fraction of sp³-hybridized carbons (Fsp3) is 0.545. The first-order chi connectivity index (χ1) is 6.79. The van der Waals surface area contributed by atoms with E-state index in [1.807, 2.05) is 6.07 Å². The first-order valence-electron chi connectivity index (χ1n) is 5.14. The Labute approximate surface area is 89.5 Å². The van der Waals surface area contributed by atoms with Crippen molar-refractivity contribution in [3.8, 4) is 0 Å². The van der Waals surface area contributed by atoms with Gasteiger partial charge in [-0.3, -0.25) is 4.98 Å². The average Bonchev–Trinajstić information content (AvgIpc) is 2.70. The van der Waals surface area contributed by atoms with Crippen LogP contribution in [-0.2, 0) is 0 Å². The Bertz CT molecular complexity index is 308. The highest BCUT2D eigenvalue weighted by atomic mass is 35.5. The van der Waals surface area contributed by atoms with Gasteiger partial charge in [0.15, 0.2) is 0 Å². The SMILES string of the molecule is N[C@H](c1ccncc1Cl)C1CCCC1. The van der Waals surface area contributed by atoms with Gasteiger partial charge in [-0.2, -0.15) is 0 Å². The number of pyridine rings is 1. The third kappa shape index (κ3) is 1.91. The van der Waals surface area contributed by atoms with Gasteiger partial charge < -0.3 is 5.73 Å². The lowest BCUT2D eigenvalue weighted by Crippen LogP contribution is -2.19. The number of rotatable bonds is 2. The molecule has 0 unspecified atom stereocenters. The zero-order valence-corrected chi connectivity index (χ0v) is 8.87. The molecule has 1 saturated carbocycles. The van der Waals surface area contributed by atoms with E-state index in [4.69, 9.17) is 17.3 Å². The summed E-state index contributed by atoms with van der Waals surface area (Å²) in [5.74, 6) is 0.606. The number of halogens is 1. The molecule has 0 amide bonds. The van der Waals surface area contributed by atoms with Crippen LogP contribution >= 0.6 is 11.6 Å². The number of hydrogen-bond acceptors (Lipinski definition) is 2. The van der Waals surface area contributed by atoms with Gasteiger partial charge in [-0.15, -0.1) is 0 Å². The van der Waals surface area contributed by atoms with E-state index in [0.717, 1.165) is 5.56 Å². The smallest absolute Gasteiger partial charge is 0.0637 e. The van der Waals surface area contributed by atoms with Crippen molar-refractivity contribution < 1.29 is 0 Å². The molecule has 0 aliphatic heterocycles. The summed E-state index contributed by atoms with van der Waals surface area (Å²) >= 11 is 6.06. The molecule has 1 aliphatic rings. The molecule has 14 heavy (non-hydrogen) atoms. The van der Waals surface area contributed by atoms with Crippen LogP contribution in [0.2, 0.25) is 5.02 Å². The van der Waals surface area contributed by atoms with Crippen LogP contribution in [0.3, 0.4) is 0 Å². The molecule has 2 N–H and O–H groups in total. The molecule has 1 atom stereocenters. The van der Waals surface area contributed by atoms with Gasteiger partial charge in [0.2, 0.25) is 0 Å². The Balaban J connectivity index is 2.17. The van der Waals surface area contributed by atoms with Crippen molar-refractivity contribution in [2.75, 3.05) is 0 Å². The second-order valence-electron chi connectivity index (χ2n) is 3.97. The van der Waals surface area contributed by atoms with Crippen LogP contribution in [0.5, 0.6) is 0 Å². The quantitative estimate of drug-likeness (QED) is 0.815. The standard InChI is InChI=1S/C11H15ClN2/c12-10-7-14-6-5-9(10)11(13)8-3-1-2-4-8/h5-8,11H,1-4,13H2/t11-/m0/s1. The van der Waals surface area contributed by atoms with Crippen LogP contribution in [0.4, 0.5) is 0 Å². The molecule has 0 aromatic carbocycles. The Kier molecular flexibility index (Phi) is 3.04. The summed E-state index contributed by atoms with van der Waals surface area (Å²) < 4.78 is 0. The second kappa shape index (κ2) is 4.28. The molecule has 1 aromatic rings. The Morgan fingerprint density at radius 2 is 2.14 bits per heavy atom. The Morgan fingerprint density at radius 1 is 1.43 bits per heavy atom. The van der Waals surface area contributed by atoms with Crippen molar-refractivity contribution in [3.63, 3.8) is 0 Å².